The fraction of sp³-hybridized carbons (Fsp3) is 0.533. The van der Waals surface area contributed by atoms with Crippen molar-refractivity contribution >= 4 is 17.7 Å². The van der Waals surface area contributed by atoms with Gasteiger partial charge in [0.25, 0.3) is 0 Å². The van der Waals surface area contributed by atoms with Crippen LogP contribution in [0.3, 0.4) is 0 Å². The fourth-order valence-electron chi connectivity index (χ4n) is 2.48. The lowest BCUT2D eigenvalue weighted by molar-refractivity contribution is -0.144. The molecule has 2 N–H and O–H groups in total. The summed E-state index contributed by atoms with van der Waals surface area (Å²) in [4.78, 5) is 10.9. The van der Waals surface area contributed by atoms with E-state index in [0.29, 0.717) is 31.4 Å². The van der Waals surface area contributed by atoms with Crippen molar-refractivity contribution in [3.63, 3.8) is 0 Å². The van der Waals surface area contributed by atoms with Crippen LogP contribution >= 0.6 is 11.8 Å². The lowest BCUT2D eigenvalue weighted by atomic mass is 9.80. The monoisotopic (exact) mass is 280 g/mol. The van der Waals surface area contributed by atoms with Crippen LogP contribution in [-0.2, 0) is 10.5 Å². The Labute approximate surface area is 118 Å². The first-order chi connectivity index (χ1) is 9.09. The lowest BCUT2D eigenvalue weighted by Crippen LogP contribution is -2.38. The molecule has 0 atom stereocenters. The van der Waals surface area contributed by atoms with E-state index in [4.69, 9.17) is 5.11 Å². The largest absolute Gasteiger partial charge is 0.481 e. The highest BCUT2D eigenvalue weighted by Crippen LogP contribution is 2.35. The van der Waals surface area contributed by atoms with Crippen molar-refractivity contribution in [3.8, 4) is 0 Å². The normalized spacial score (nSPS) is 27.1. The molecule has 1 fully saturated rings. The van der Waals surface area contributed by atoms with Gasteiger partial charge in [-0.25, -0.2) is 0 Å². The zero-order chi connectivity index (χ0) is 13.7. The molecule has 104 valence electrons. The Kier molecular flexibility index (Phi) is 4.88. The van der Waals surface area contributed by atoms with E-state index in [1.54, 1.807) is 11.8 Å². The molecule has 1 aromatic carbocycles. The van der Waals surface area contributed by atoms with Crippen LogP contribution < -0.4 is 0 Å². The molecule has 0 aliphatic heterocycles. The minimum Gasteiger partial charge on any atom is -0.481 e. The second kappa shape index (κ2) is 6.44. The second-order valence-corrected chi connectivity index (χ2v) is 6.30. The third-order valence-corrected chi connectivity index (χ3v) is 5.03. The van der Waals surface area contributed by atoms with E-state index in [2.05, 4.69) is 12.1 Å². The van der Waals surface area contributed by atoms with E-state index in [-0.39, 0.29) is 5.92 Å². The average molecular weight is 280 g/mol. The van der Waals surface area contributed by atoms with Crippen LogP contribution in [0, 0.1) is 5.92 Å². The van der Waals surface area contributed by atoms with Crippen molar-refractivity contribution in [2.24, 2.45) is 5.92 Å². The second-order valence-electron chi connectivity index (χ2n) is 5.32. The molecule has 0 amide bonds. The molecule has 1 saturated carbocycles. The van der Waals surface area contributed by atoms with Crippen molar-refractivity contribution in [2.45, 2.75) is 37.0 Å². The molecular weight excluding hydrogens is 260 g/mol. The Morgan fingerprint density at radius 3 is 2.47 bits per heavy atom. The molecule has 0 radical (unpaired) electrons. The Hall–Kier alpha value is -1.00. The van der Waals surface area contributed by atoms with Gasteiger partial charge in [-0.3, -0.25) is 4.79 Å². The van der Waals surface area contributed by atoms with Gasteiger partial charge in [0.2, 0.25) is 0 Å². The zero-order valence-electron chi connectivity index (χ0n) is 10.9. The molecule has 19 heavy (non-hydrogen) atoms. The Morgan fingerprint density at radius 2 is 1.89 bits per heavy atom. The van der Waals surface area contributed by atoms with Gasteiger partial charge in [0.05, 0.1) is 11.5 Å². The summed E-state index contributed by atoms with van der Waals surface area (Å²) >= 11 is 1.72. The van der Waals surface area contributed by atoms with Crippen LogP contribution in [-0.4, -0.2) is 27.5 Å². The number of hydrogen-bond acceptors (Lipinski definition) is 3. The van der Waals surface area contributed by atoms with Crippen LogP contribution in [0.1, 0.15) is 31.2 Å². The van der Waals surface area contributed by atoms with E-state index < -0.39 is 11.6 Å². The molecule has 0 saturated heterocycles. The van der Waals surface area contributed by atoms with Gasteiger partial charge in [-0.05, 0) is 31.2 Å². The summed E-state index contributed by atoms with van der Waals surface area (Å²) < 4.78 is 0. The Morgan fingerprint density at radius 1 is 1.26 bits per heavy atom. The summed E-state index contributed by atoms with van der Waals surface area (Å²) in [5.74, 6) is 0.595. The van der Waals surface area contributed by atoms with Gasteiger partial charge in [0.1, 0.15) is 0 Å². The topological polar surface area (TPSA) is 57.5 Å². The zero-order valence-corrected chi connectivity index (χ0v) is 11.7. The van der Waals surface area contributed by atoms with Gasteiger partial charge in [-0.15, -0.1) is 0 Å². The SMILES string of the molecule is O=C(O)C1CCC(O)(CSCc2ccccc2)CC1. The van der Waals surface area contributed by atoms with Crippen LogP contribution in [0.25, 0.3) is 0 Å². The van der Waals surface area contributed by atoms with Crippen molar-refractivity contribution in [2.75, 3.05) is 5.75 Å². The third-order valence-electron chi connectivity index (χ3n) is 3.75. The quantitative estimate of drug-likeness (QED) is 0.870. The van der Waals surface area contributed by atoms with Gasteiger partial charge in [-0.1, -0.05) is 30.3 Å². The molecule has 0 heterocycles. The van der Waals surface area contributed by atoms with Crippen LogP contribution in [0.2, 0.25) is 0 Å². The first-order valence-corrected chi connectivity index (χ1v) is 7.81. The van der Waals surface area contributed by atoms with Crippen LogP contribution in [0.5, 0.6) is 0 Å². The molecule has 0 aromatic heterocycles. The molecule has 1 aliphatic carbocycles. The molecule has 4 heteroatoms. The van der Waals surface area contributed by atoms with Crippen molar-refractivity contribution in [1.82, 2.24) is 0 Å². The van der Waals surface area contributed by atoms with Gasteiger partial charge < -0.3 is 10.2 Å². The minimum absolute atomic E-state index is 0.264. The number of aliphatic carboxylic acids is 1. The van der Waals surface area contributed by atoms with Crippen molar-refractivity contribution < 1.29 is 15.0 Å². The predicted octanol–water partition coefficient (Wildman–Crippen LogP) is 2.93. The highest BCUT2D eigenvalue weighted by atomic mass is 32.2. The minimum atomic E-state index is -0.723. The van der Waals surface area contributed by atoms with Crippen LogP contribution in [0.4, 0.5) is 0 Å². The lowest BCUT2D eigenvalue weighted by Gasteiger charge is -2.34. The highest BCUT2D eigenvalue weighted by Gasteiger charge is 2.35. The Bertz CT molecular complexity index is 411. The molecule has 0 spiro atoms. The molecule has 0 bridgehead atoms. The van der Waals surface area contributed by atoms with Crippen molar-refractivity contribution in [3.05, 3.63) is 35.9 Å². The smallest absolute Gasteiger partial charge is 0.306 e. The fourth-order valence-corrected chi connectivity index (χ4v) is 3.68. The van der Waals surface area contributed by atoms with Crippen LogP contribution in [0.15, 0.2) is 30.3 Å². The number of aliphatic hydroxyl groups is 1. The number of carbonyl (C=O) groups is 1. The van der Waals surface area contributed by atoms with Gasteiger partial charge in [0, 0.05) is 11.5 Å². The van der Waals surface area contributed by atoms with E-state index in [0.717, 1.165) is 5.75 Å². The maximum Gasteiger partial charge on any atom is 0.306 e. The predicted molar refractivity (Wildman–Crippen MR) is 77.1 cm³/mol. The van der Waals surface area contributed by atoms with E-state index in [1.165, 1.54) is 5.56 Å². The summed E-state index contributed by atoms with van der Waals surface area (Å²) in [5.41, 5.74) is 0.584. The van der Waals surface area contributed by atoms with E-state index in [9.17, 15) is 9.90 Å². The molecule has 2 rings (SSSR count). The van der Waals surface area contributed by atoms with Gasteiger partial charge in [-0.2, -0.15) is 11.8 Å². The first-order valence-electron chi connectivity index (χ1n) is 6.66. The summed E-state index contributed by atoms with van der Waals surface area (Å²) in [6.07, 6.45) is 2.40. The number of benzene rings is 1. The molecule has 1 aromatic rings. The standard InChI is InChI=1S/C15H20O3S/c16-14(17)13-6-8-15(18,9-7-13)11-19-10-12-4-2-1-3-5-12/h1-5,13,18H,6-11H2,(H,16,17). The van der Waals surface area contributed by atoms with Gasteiger partial charge >= 0.3 is 5.97 Å². The average Bonchev–Trinajstić information content (AvgIpc) is 2.40. The number of rotatable bonds is 5. The Balaban J connectivity index is 1.75. The summed E-state index contributed by atoms with van der Waals surface area (Å²) in [6.45, 7) is 0. The van der Waals surface area contributed by atoms with E-state index >= 15 is 0 Å². The molecular formula is C15H20O3S. The molecule has 1 aliphatic rings. The maximum absolute atomic E-state index is 10.9. The third kappa shape index (κ3) is 4.25. The summed E-state index contributed by atoms with van der Waals surface area (Å²) in [6, 6.07) is 10.2. The number of hydrogen-bond donors (Lipinski definition) is 2. The van der Waals surface area contributed by atoms with E-state index in [1.807, 2.05) is 18.2 Å². The molecule has 3 nitrogen and oxygen atoms in total. The number of carboxylic acids is 1. The number of thioether (sulfide) groups is 1. The molecule has 0 unspecified atom stereocenters. The van der Waals surface area contributed by atoms with Crippen molar-refractivity contribution in [1.29, 1.82) is 0 Å². The summed E-state index contributed by atoms with van der Waals surface area (Å²) in [7, 11) is 0. The summed E-state index contributed by atoms with van der Waals surface area (Å²) in [5, 5.41) is 19.4. The maximum atomic E-state index is 10.9. The first kappa shape index (κ1) is 14.4. The number of carboxylic acid groups (broad SMARTS) is 1. The highest BCUT2D eigenvalue weighted by molar-refractivity contribution is 7.98. The van der Waals surface area contributed by atoms with Gasteiger partial charge in [0.15, 0.2) is 0 Å².